The van der Waals surface area contributed by atoms with Crippen molar-refractivity contribution in [1.29, 1.82) is 0 Å². The van der Waals surface area contributed by atoms with Crippen LogP contribution in [0, 0.1) is 0 Å². The van der Waals surface area contributed by atoms with Gasteiger partial charge in [0.2, 0.25) is 0 Å². The predicted octanol–water partition coefficient (Wildman–Crippen LogP) is 1.59. The molecule has 7 nitrogen and oxygen atoms in total. The number of hydrogen-bond acceptors (Lipinski definition) is 4. The van der Waals surface area contributed by atoms with Crippen molar-refractivity contribution >= 4 is 39.1 Å². The van der Waals surface area contributed by atoms with Crippen LogP contribution in [-0.2, 0) is 9.84 Å². The summed E-state index contributed by atoms with van der Waals surface area (Å²) in [6.07, 6.45) is 0. The molecule has 21 heavy (non-hydrogen) atoms. The van der Waals surface area contributed by atoms with Crippen LogP contribution in [0.25, 0.3) is 0 Å². The number of carboxylic acid groups (broad SMARTS) is 1. The second-order valence-corrected chi connectivity index (χ2v) is 7.00. The van der Waals surface area contributed by atoms with E-state index in [1.54, 1.807) is 0 Å². The second-order valence-electron chi connectivity index (χ2n) is 4.12. The zero-order chi connectivity index (χ0) is 16.0. The molecule has 0 radical (unpaired) electrons. The number of carbonyl (C=O) groups excluding carboxylic acids is 1. The number of anilines is 1. The Morgan fingerprint density at radius 1 is 1.33 bits per heavy atom. The molecule has 0 aliphatic heterocycles. The van der Waals surface area contributed by atoms with Gasteiger partial charge in [0.05, 0.1) is 22.0 Å². The number of nitrogens with one attached hydrogen (secondary N) is 2. The number of aromatic carboxylic acids is 1. The van der Waals surface area contributed by atoms with Gasteiger partial charge in [-0.15, -0.1) is 0 Å². The van der Waals surface area contributed by atoms with Crippen molar-refractivity contribution in [1.82, 2.24) is 5.32 Å². The molecule has 0 spiro atoms. The molecule has 2 amide bonds. The lowest BCUT2D eigenvalue weighted by molar-refractivity contribution is 0.0697. The molecule has 1 aromatic carbocycles. The Balaban J connectivity index is 2.58. The molecular weight excluding hydrogens is 320 g/mol. The first kappa shape index (κ1) is 17.3. The summed E-state index contributed by atoms with van der Waals surface area (Å²) >= 11 is 5.84. The molecule has 0 saturated carbocycles. The molecule has 116 valence electrons. The Labute approximate surface area is 127 Å². The minimum atomic E-state index is -3.15. The van der Waals surface area contributed by atoms with Crippen LogP contribution in [0.2, 0.25) is 5.02 Å². The summed E-state index contributed by atoms with van der Waals surface area (Å²) in [4.78, 5) is 22.3. The summed E-state index contributed by atoms with van der Waals surface area (Å²) < 4.78 is 22.5. The quantitative estimate of drug-likeness (QED) is 0.731. The lowest BCUT2D eigenvalue weighted by Gasteiger charge is -2.09. The van der Waals surface area contributed by atoms with E-state index in [1.165, 1.54) is 25.1 Å². The van der Waals surface area contributed by atoms with Gasteiger partial charge in [0.25, 0.3) is 0 Å². The molecule has 0 heterocycles. The molecule has 0 aromatic heterocycles. The van der Waals surface area contributed by atoms with Crippen molar-refractivity contribution in [3.63, 3.8) is 0 Å². The molecule has 0 aliphatic rings. The second kappa shape index (κ2) is 7.28. The van der Waals surface area contributed by atoms with E-state index in [1.807, 2.05) is 0 Å². The predicted molar refractivity (Wildman–Crippen MR) is 79.8 cm³/mol. The van der Waals surface area contributed by atoms with Crippen LogP contribution >= 0.6 is 11.6 Å². The summed E-state index contributed by atoms with van der Waals surface area (Å²) in [5.74, 6) is -1.26. The minimum Gasteiger partial charge on any atom is -0.478 e. The largest absolute Gasteiger partial charge is 0.478 e. The van der Waals surface area contributed by atoms with Crippen LogP contribution in [0.15, 0.2) is 18.2 Å². The smallest absolute Gasteiger partial charge is 0.335 e. The molecule has 1 rings (SSSR count). The molecule has 0 fully saturated rings. The van der Waals surface area contributed by atoms with Crippen molar-refractivity contribution in [2.24, 2.45) is 0 Å². The first-order chi connectivity index (χ1) is 9.75. The lowest BCUT2D eigenvalue weighted by atomic mass is 10.2. The summed E-state index contributed by atoms with van der Waals surface area (Å²) in [6, 6.07) is 3.24. The van der Waals surface area contributed by atoms with Gasteiger partial charge >= 0.3 is 12.0 Å². The van der Waals surface area contributed by atoms with Crippen molar-refractivity contribution in [3.8, 4) is 0 Å². The van der Waals surface area contributed by atoms with Crippen LogP contribution < -0.4 is 10.6 Å². The maximum absolute atomic E-state index is 11.6. The fourth-order valence-corrected chi connectivity index (χ4v) is 2.31. The Kier molecular flexibility index (Phi) is 5.98. The summed E-state index contributed by atoms with van der Waals surface area (Å²) in [5.41, 5.74) is 0.234. The number of urea groups is 1. The number of benzene rings is 1. The summed E-state index contributed by atoms with van der Waals surface area (Å²) in [6.45, 7) is 1.51. The SMILES string of the molecule is CCS(=O)(=O)CCNC(=O)Nc1ccc(C(=O)O)cc1Cl. The Bertz CT molecular complexity index is 645. The molecule has 0 unspecified atom stereocenters. The van der Waals surface area contributed by atoms with E-state index in [-0.39, 0.29) is 34.3 Å². The Hall–Kier alpha value is -1.80. The van der Waals surface area contributed by atoms with Crippen LogP contribution in [-0.4, -0.2) is 43.6 Å². The van der Waals surface area contributed by atoms with Gasteiger partial charge < -0.3 is 15.7 Å². The molecule has 3 N–H and O–H groups in total. The number of amides is 2. The Morgan fingerprint density at radius 3 is 2.52 bits per heavy atom. The molecule has 0 saturated heterocycles. The van der Waals surface area contributed by atoms with Gasteiger partial charge in [-0.3, -0.25) is 0 Å². The van der Waals surface area contributed by atoms with Crippen molar-refractivity contribution in [3.05, 3.63) is 28.8 Å². The van der Waals surface area contributed by atoms with E-state index in [0.717, 1.165) is 0 Å². The highest BCUT2D eigenvalue weighted by molar-refractivity contribution is 7.91. The fraction of sp³-hybridized carbons (Fsp3) is 0.333. The normalized spacial score (nSPS) is 11.0. The molecule has 0 atom stereocenters. The van der Waals surface area contributed by atoms with Gasteiger partial charge in [-0.2, -0.15) is 0 Å². The van der Waals surface area contributed by atoms with Crippen molar-refractivity contribution < 1.29 is 23.1 Å². The zero-order valence-corrected chi connectivity index (χ0v) is 12.8. The standard InChI is InChI=1S/C12H15ClN2O5S/c1-2-21(19,20)6-5-14-12(18)15-10-4-3-8(11(16)17)7-9(10)13/h3-4,7H,2,5-6H2,1H3,(H,16,17)(H2,14,15,18). The Morgan fingerprint density at radius 2 is 2.00 bits per heavy atom. The molecule has 9 heteroatoms. The number of rotatable bonds is 6. The lowest BCUT2D eigenvalue weighted by Crippen LogP contribution is -2.33. The monoisotopic (exact) mass is 334 g/mol. The summed E-state index contributed by atoms with van der Waals surface area (Å²) in [7, 11) is -3.15. The number of hydrogen-bond donors (Lipinski definition) is 3. The van der Waals surface area contributed by atoms with Crippen LogP contribution in [0.3, 0.4) is 0 Å². The van der Waals surface area contributed by atoms with Gasteiger partial charge in [-0.1, -0.05) is 18.5 Å². The third kappa shape index (κ3) is 5.60. The third-order valence-electron chi connectivity index (χ3n) is 2.60. The highest BCUT2D eigenvalue weighted by Gasteiger charge is 2.11. The number of carbonyl (C=O) groups is 2. The van der Waals surface area contributed by atoms with Gasteiger partial charge in [0, 0.05) is 12.3 Å². The van der Waals surface area contributed by atoms with Gasteiger partial charge in [0.1, 0.15) is 0 Å². The van der Waals surface area contributed by atoms with E-state index in [4.69, 9.17) is 16.7 Å². The molecule has 0 bridgehead atoms. The van der Waals surface area contributed by atoms with Gasteiger partial charge in [0.15, 0.2) is 9.84 Å². The first-order valence-corrected chi connectivity index (χ1v) is 8.23. The highest BCUT2D eigenvalue weighted by Crippen LogP contribution is 2.22. The molecular formula is C12H15ClN2O5S. The van der Waals surface area contributed by atoms with E-state index < -0.39 is 21.8 Å². The molecule has 1 aromatic rings. The number of sulfone groups is 1. The number of halogens is 1. The zero-order valence-electron chi connectivity index (χ0n) is 11.2. The van der Waals surface area contributed by atoms with E-state index in [2.05, 4.69) is 10.6 Å². The van der Waals surface area contributed by atoms with E-state index in [0.29, 0.717) is 0 Å². The van der Waals surface area contributed by atoms with Gasteiger partial charge in [-0.05, 0) is 18.2 Å². The maximum atomic E-state index is 11.6. The minimum absolute atomic E-state index is 0.00000246. The van der Waals surface area contributed by atoms with E-state index >= 15 is 0 Å². The van der Waals surface area contributed by atoms with Crippen molar-refractivity contribution in [2.45, 2.75) is 6.92 Å². The average Bonchev–Trinajstić information content (AvgIpc) is 2.40. The van der Waals surface area contributed by atoms with Crippen LogP contribution in [0.5, 0.6) is 0 Å². The average molecular weight is 335 g/mol. The maximum Gasteiger partial charge on any atom is 0.335 e. The summed E-state index contributed by atoms with van der Waals surface area (Å²) in [5, 5.41) is 13.7. The van der Waals surface area contributed by atoms with Crippen LogP contribution in [0.1, 0.15) is 17.3 Å². The van der Waals surface area contributed by atoms with Gasteiger partial charge in [-0.25, -0.2) is 18.0 Å². The first-order valence-electron chi connectivity index (χ1n) is 6.03. The highest BCUT2D eigenvalue weighted by atomic mass is 35.5. The van der Waals surface area contributed by atoms with Crippen molar-refractivity contribution in [2.75, 3.05) is 23.4 Å². The topological polar surface area (TPSA) is 113 Å². The van der Waals surface area contributed by atoms with Crippen LogP contribution in [0.4, 0.5) is 10.5 Å². The van der Waals surface area contributed by atoms with E-state index in [9.17, 15) is 18.0 Å². The third-order valence-corrected chi connectivity index (χ3v) is 4.62. The number of carboxylic acids is 1. The fourth-order valence-electron chi connectivity index (χ4n) is 1.38. The molecule has 0 aliphatic carbocycles.